The zero-order valence-corrected chi connectivity index (χ0v) is 10.2. The topological polar surface area (TPSA) is 0 Å². The van der Waals surface area contributed by atoms with Crippen molar-refractivity contribution in [2.45, 2.75) is 38.5 Å². The number of fused-ring (bicyclic) bond motifs is 3. The first-order chi connectivity index (χ1) is 7.60. The van der Waals surface area contributed by atoms with Crippen molar-refractivity contribution in [3.63, 3.8) is 0 Å². The van der Waals surface area contributed by atoms with Gasteiger partial charge in [0.25, 0.3) is 0 Å². The number of hydrogen-bond acceptors (Lipinski definition) is 0. The molecule has 0 nitrogen and oxygen atoms in total. The minimum Gasteiger partial charge on any atom is -0.0836 e. The summed E-state index contributed by atoms with van der Waals surface area (Å²) >= 11 is 0. The van der Waals surface area contributed by atoms with Gasteiger partial charge in [0.05, 0.1) is 0 Å². The zero-order chi connectivity index (χ0) is 11.3. The minimum atomic E-state index is 0.221. The van der Waals surface area contributed by atoms with Gasteiger partial charge >= 0.3 is 0 Å². The van der Waals surface area contributed by atoms with Gasteiger partial charge in [-0.2, -0.15) is 0 Å². The fourth-order valence-corrected chi connectivity index (χ4v) is 3.26. The van der Waals surface area contributed by atoms with E-state index in [1.54, 1.807) is 11.1 Å². The molecule has 0 bridgehead atoms. The molecule has 1 unspecified atom stereocenters. The van der Waals surface area contributed by atoms with E-state index in [1.165, 1.54) is 17.5 Å². The Morgan fingerprint density at radius 3 is 2.88 bits per heavy atom. The predicted octanol–water partition coefficient (Wildman–Crippen LogP) is 4.26. The molecule has 0 radical (unpaired) electrons. The quantitative estimate of drug-likeness (QED) is 0.600. The molecule has 0 saturated heterocycles. The summed E-state index contributed by atoms with van der Waals surface area (Å²) in [6.45, 7) is 6.89. The van der Waals surface area contributed by atoms with Crippen LogP contribution in [0.2, 0.25) is 0 Å². The van der Waals surface area contributed by atoms with Gasteiger partial charge in [0, 0.05) is 11.3 Å². The molecule has 3 rings (SSSR count). The van der Waals surface area contributed by atoms with Gasteiger partial charge in [-0.05, 0) is 24.5 Å². The van der Waals surface area contributed by atoms with E-state index in [0.717, 1.165) is 0 Å². The summed E-state index contributed by atoms with van der Waals surface area (Å²) in [6.07, 6.45) is 8.00. The molecule has 0 fully saturated rings. The molecule has 0 aliphatic heterocycles. The molecule has 2 aliphatic rings. The highest BCUT2D eigenvalue weighted by atomic mass is 14.4. The average Bonchev–Trinajstić information content (AvgIpc) is 2.49. The average molecular weight is 210 g/mol. The van der Waals surface area contributed by atoms with Gasteiger partial charge in [-0.15, -0.1) is 0 Å². The third-order valence-electron chi connectivity index (χ3n) is 4.14. The van der Waals surface area contributed by atoms with Crippen molar-refractivity contribution in [3.05, 3.63) is 58.7 Å². The Morgan fingerprint density at radius 2 is 2.06 bits per heavy atom. The molecular weight excluding hydrogens is 192 g/mol. The van der Waals surface area contributed by atoms with E-state index in [9.17, 15) is 0 Å². The smallest absolute Gasteiger partial charge is 0.0117 e. The Labute approximate surface area is 97.7 Å². The van der Waals surface area contributed by atoms with Gasteiger partial charge in [0.15, 0.2) is 0 Å². The van der Waals surface area contributed by atoms with Crippen LogP contribution in [0.1, 0.15) is 42.9 Å². The fourth-order valence-electron chi connectivity index (χ4n) is 3.26. The summed E-state index contributed by atoms with van der Waals surface area (Å²) < 4.78 is 0. The van der Waals surface area contributed by atoms with Crippen molar-refractivity contribution in [2.75, 3.05) is 0 Å². The summed E-state index contributed by atoms with van der Waals surface area (Å²) in [5.74, 6) is 0.634. The lowest BCUT2D eigenvalue weighted by Gasteiger charge is -2.25. The third kappa shape index (κ3) is 1.16. The summed E-state index contributed by atoms with van der Waals surface area (Å²) in [5, 5.41) is 0. The highest BCUT2D eigenvalue weighted by Gasteiger charge is 2.41. The lowest BCUT2D eigenvalue weighted by molar-refractivity contribution is 0.612. The summed E-state index contributed by atoms with van der Waals surface area (Å²) in [6, 6.07) is 6.94. The van der Waals surface area contributed by atoms with Gasteiger partial charge in [-0.3, -0.25) is 0 Å². The van der Waals surface area contributed by atoms with Gasteiger partial charge in [0.2, 0.25) is 0 Å². The Bertz CT molecular complexity index is 501. The van der Waals surface area contributed by atoms with E-state index < -0.39 is 0 Å². The largest absolute Gasteiger partial charge is 0.0836 e. The summed E-state index contributed by atoms with van der Waals surface area (Å²) in [5.41, 5.74) is 6.28. The van der Waals surface area contributed by atoms with E-state index in [1.807, 2.05) is 0 Å². The molecule has 0 heterocycles. The zero-order valence-electron chi connectivity index (χ0n) is 10.2. The number of allylic oxidation sites excluding steroid dienone is 4. The Balaban J connectivity index is 2.26. The van der Waals surface area contributed by atoms with Crippen LogP contribution in [0.3, 0.4) is 0 Å². The van der Waals surface area contributed by atoms with Crippen LogP contribution in [0.15, 0.2) is 42.0 Å². The van der Waals surface area contributed by atoms with Crippen LogP contribution in [0, 0.1) is 6.92 Å². The highest BCUT2D eigenvalue weighted by Crippen LogP contribution is 2.52. The van der Waals surface area contributed by atoms with Gasteiger partial charge in [-0.1, -0.05) is 61.4 Å². The molecule has 16 heavy (non-hydrogen) atoms. The van der Waals surface area contributed by atoms with Crippen LogP contribution in [0.4, 0.5) is 0 Å². The van der Waals surface area contributed by atoms with Crippen LogP contribution >= 0.6 is 0 Å². The molecule has 1 aromatic rings. The summed E-state index contributed by atoms with van der Waals surface area (Å²) in [7, 11) is 0. The normalized spacial score (nSPS) is 24.9. The standard InChI is InChI=1S/C16H18/c1-11-8-9-15-13(10-11)12-6-4-5-7-14(12)16(15,2)3/h4-5,7-10,12H,6H2,1-3H3. The molecular formula is C16H18. The number of hydrogen-bond donors (Lipinski definition) is 0. The van der Waals surface area contributed by atoms with Crippen LogP contribution in [-0.2, 0) is 5.41 Å². The first kappa shape index (κ1) is 9.89. The molecule has 0 spiro atoms. The maximum Gasteiger partial charge on any atom is 0.0117 e. The van der Waals surface area contributed by atoms with E-state index >= 15 is 0 Å². The minimum absolute atomic E-state index is 0.221. The van der Waals surface area contributed by atoms with Crippen molar-refractivity contribution < 1.29 is 0 Å². The van der Waals surface area contributed by atoms with Crippen molar-refractivity contribution in [3.8, 4) is 0 Å². The second-order valence-corrected chi connectivity index (χ2v) is 5.55. The molecule has 0 saturated carbocycles. The molecule has 0 heteroatoms. The van der Waals surface area contributed by atoms with Crippen LogP contribution in [-0.4, -0.2) is 0 Å². The van der Waals surface area contributed by atoms with Crippen LogP contribution in [0.25, 0.3) is 0 Å². The van der Waals surface area contributed by atoms with Crippen molar-refractivity contribution in [1.82, 2.24) is 0 Å². The molecule has 0 aromatic heterocycles. The maximum absolute atomic E-state index is 2.38. The summed E-state index contributed by atoms with van der Waals surface area (Å²) in [4.78, 5) is 0. The van der Waals surface area contributed by atoms with Crippen molar-refractivity contribution in [2.24, 2.45) is 0 Å². The second-order valence-electron chi connectivity index (χ2n) is 5.55. The lowest BCUT2D eigenvalue weighted by atomic mass is 9.79. The molecule has 2 aliphatic carbocycles. The van der Waals surface area contributed by atoms with Gasteiger partial charge in [-0.25, -0.2) is 0 Å². The number of aryl methyl sites for hydroxylation is 1. The molecule has 1 atom stereocenters. The number of benzene rings is 1. The van der Waals surface area contributed by atoms with Crippen LogP contribution in [0.5, 0.6) is 0 Å². The van der Waals surface area contributed by atoms with Crippen LogP contribution < -0.4 is 0 Å². The van der Waals surface area contributed by atoms with E-state index in [0.29, 0.717) is 5.92 Å². The Hall–Kier alpha value is -1.30. The molecule has 0 amide bonds. The first-order valence-corrected chi connectivity index (χ1v) is 6.09. The third-order valence-corrected chi connectivity index (χ3v) is 4.14. The second kappa shape index (κ2) is 3.10. The lowest BCUT2D eigenvalue weighted by Crippen LogP contribution is -2.17. The van der Waals surface area contributed by atoms with Crippen molar-refractivity contribution >= 4 is 0 Å². The molecule has 0 N–H and O–H groups in total. The Kier molecular flexibility index (Phi) is 1.92. The van der Waals surface area contributed by atoms with Crippen molar-refractivity contribution in [1.29, 1.82) is 0 Å². The van der Waals surface area contributed by atoms with E-state index in [-0.39, 0.29) is 5.41 Å². The number of rotatable bonds is 0. The van der Waals surface area contributed by atoms with E-state index in [4.69, 9.17) is 0 Å². The fraction of sp³-hybridized carbons (Fsp3) is 0.375. The molecule has 82 valence electrons. The first-order valence-electron chi connectivity index (χ1n) is 6.09. The Morgan fingerprint density at radius 1 is 1.25 bits per heavy atom. The SMILES string of the molecule is Cc1ccc2c(c1)C1CC=CC=C1C2(C)C. The van der Waals surface area contributed by atoms with Gasteiger partial charge in [0.1, 0.15) is 0 Å². The highest BCUT2D eigenvalue weighted by molar-refractivity contribution is 5.56. The van der Waals surface area contributed by atoms with Gasteiger partial charge < -0.3 is 0 Å². The maximum atomic E-state index is 2.38. The predicted molar refractivity (Wildman–Crippen MR) is 68.8 cm³/mol. The monoisotopic (exact) mass is 210 g/mol. The molecule has 1 aromatic carbocycles. The van der Waals surface area contributed by atoms with E-state index in [2.05, 4.69) is 57.2 Å².